The van der Waals surface area contributed by atoms with E-state index in [4.69, 9.17) is 4.84 Å². The summed E-state index contributed by atoms with van der Waals surface area (Å²) >= 11 is 2.19. The van der Waals surface area contributed by atoms with E-state index in [0.717, 1.165) is 9.13 Å². The van der Waals surface area contributed by atoms with E-state index in [1.54, 1.807) is 0 Å². The maximum absolute atomic E-state index is 13.1. The van der Waals surface area contributed by atoms with Gasteiger partial charge < -0.3 is 5.11 Å². The molecule has 23 heavy (non-hydrogen) atoms. The molecule has 5 nitrogen and oxygen atoms in total. The van der Waals surface area contributed by atoms with Gasteiger partial charge in [0.25, 0.3) is 6.43 Å². The van der Waals surface area contributed by atoms with Gasteiger partial charge in [0.2, 0.25) is 0 Å². The zero-order valence-corrected chi connectivity index (χ0v) is 15.1. The molecule has 0 spiro atoms. The summed E-state index contributed by atoms with van der Waals surface area (Å²) < 4.78 is 28.5. The van der Waals surface area contributed by atoms with Crippen molar-refractivity contribution < 1.29 is 18.7 Å². The number of hydrogen-bond donors (Lipinski definition) is 1. The largest absolute Gasteiger partial charge is 0.372 e. The van der Waals surface area contributed by atoms with Crippen molar-refractivity contribution >= 4 is 22.6 Å². The Balaban J connectivity index is 2.31. The summed E-state index contributed by atoms with van der Waals surface area (Å²) in [7, 11) is 2.92. The summed E-state index contributed by atoms with van der Waals surface area (Å²) in [5, 5.41) is 15.5. The molecule has 2 unspecified atom stereocenters. The van der Waals surface area contributed by atoms with Gasteiger partial charge in [-0.2, -0.15) is 5.10 Å². The van der Waals surface area contributed by atoms with E-state index in [-0.39, 0.29) is 11.6 Å². The van der Waals surface area contributed by atoms with E-state index in [0.29, 0.717) is 0 Å². The SMILES string of the molecule is CON(C(C)c1ccc(I)cc1)C(O)c1cn(C)nc1C(F)F. The van der Waals surface area contributed by atoms with Gasteiger partial charge in [-0.3, -0.25) is 9.52 Å². The Morgan fingerprint density at radius 1 is 1.30 bits per heavy atom. The average molecular weight is 437 g/mol. The van der Waals surface area contributed by atoms with Crippen molar-refractivity contribution in [3.05, 3.63) is 50.9 Å². The number of hydroxylamine groups is 2. The number of alkyl halides is 2. The molecule has 0 aliphatic rings. The first kappa shape index (κ1) is 18.2. The number of aryl methyl sites for hydroxylation is 1. The van der Waals surface area contributed by atoms with Gasteiger partial charge in [0.15, 0.2) is 6.23 Å². The number of hydrogen-bond acceptors (Lipinski definition) is 4. The first-order valence-electron chi connectivity index (χ1n) is 6.92. The number of nitrogens with zero attached hydrogens (tertiary/aromatic N) is 3. The van der Waals surface area contributed by atoms with Crippen molar-refractivity contribution in [3.63, 3.8) is 0 Å². The monoisotopic (exact) mass is 437 g/mol. The molecule has 1 aromatic heterocycles. The summed E-state index contributed by atoms with van der Waals surface area (Å²) in [5.41, 5.74) is 0.479. The minimum Gasteiger partial charge on any atom is -0.372 e. The Morgan fingerprint density at radius 3 is 2.43 bits per heavy atom. The van der Waals surface area contributed by atoms with Crippen LogP contribution in [-0.2, 0) is 11.9 Å². The van der Waals surface area contributed by atoms with Crippen LogP contribution >= 0.6 is 22.6 Å². The highest BCUT2D eigenvalue weighted by atomic mass is 127. The zero-order chi connectivity index (χ0) is 17.1. The highest BCUT2D eigenvalue weighted by Gasteiger charge is 2.30. The molecule has 1 aromatic carbocycles. The molecular formula is C15H18F2IN3O2. The number of rotatable bonds is 6. The van der Waals surface area contributed by atoms with Crippen LogP contribution in [-0.4, -0.2) is 27.1 Å². The van der Waals surface area contributed by atoms with E-state index in [1.165, 1.54) is 30.1 Å². The molecule has 1 heterocycles. The van der Waals surface area contributed by atoms with Crippen molar-refractivity contribution in [1.29, 1.82) is 0 Å². The van der Waals surface area contributed by atoms with Gasteiger partial charge in [-0.25, -0.2) is 8.78 Å². The van der Waals surface area contributed by atoms with Crippen molar-refractivity contribution in [2.45, 2.75) is 25.6 Å². The molecule has 2 rings (SSSR count). The van der Waals surface area contributed by atoms with Crippen LogP contribution in [0.3, 0.4) is 0 Å². The third-order valence-corrected chi connectivity index (χ3v) is 4.28. The number of aliphatic hydroxyl groups is 1. The van der Waals surface area contributed by atoms with Crippen LogP contribution in [0.2, 0.25) is 0 Å². The van der Waals surface area contributed by atoms with Crippen LogP contribution in [0.1, 0.15) is 42.4 Å². The van der Waals surface area contributed by atoms with E-state index in [2.05, 4.69) is 27.7 Å². The smallest absolute Gasteiger partial charge is 0.282 e. The summed E-state index contributed by atoms with van der Waals surface area (Å²) in [6.07, 6.45) is -2.75. The maximum atomic E-state index is 13.1. The molecule has 0 amide bonds. The van der Waals surface area contributed by atoms with Crippen molar-refractivity contribution in [3.8, 4) is 0 Å². The molecule has 126 valence electrons. The molecule has 0 aliphatic heterocycles. The van der Waals surface area contributed by atoms with Gasteiger partial charge in [0.05, 0.1) is 13.2 Å². The van der Waals surface area contributed by atoms with Gasteiger partial charge >= 0.3 is 0 Å². The minimum absolute atomic E-state index is 0.0294. The molecule has 0 saturated heterocycles. The molecule has 1 N–H and O–H groups in total. The molecule has 0 aliphatic carbocycles. The Hall–Kier alpha value is -1.10. The lowest BCUT2D eigenvalue weighted by atomic mass is 10.1. The average Bonchev–Trinajstić information content (AvgIpc) is 2.90. The summed E-state index contributed by atoms with van der Waals surface area (Å²) in [6, 6.07) is 7.34. The Kier molecular flexibility index (Phi) is 6.06. The summed E-state index contributed by atoms with van der Waals surface area (Å²) in [5.74, 6) is 0. The van der Waals surface area contributed by atoms with Crippen LogP contribution in [0.15, 0.2) is 30.5 Å². The maximum Gasteiger partial charge on any atom is 0.282 e. The molecule has 0 saturated carbocycles. The highest BCUT2D eigenvalue weighted by molar-refractivity contribution is 14.1. The normalized spacial score (nSPS) is 14.5. The lowest BCUT2D eigenvalue weighted by Gasteiger charge is -2.31. The van der Waals surface area contributed by atoms with E-state index in [1.807, 2.05) is 31.2 Å². The summed E-state index contributed by atoms with van der Waals surface area (Å²) in [6.45, 7) is 1.83. The Bertz CT molecular complexity index is 649. The highest BCUT2D eigenvalue weighted by Crippen LogP contribution is 2.33. The fraction of sp³-hybridized carbons (Fsp3) is 0.400. The van der Waals surface area contributed by atoms with Crippen LogP contribution in [0.5, 0.6) is 0 Å². The molecule has 2 aromatic rings. The van der Waals surface area contributed by atoms with E-state index < -0.39 is 18.3 Å². The number of halogens is 3. The number of aliphatic hydroxyl groups excluding tert-OH is 1. The Labute approximate surface area is 146 Å². The summed E-state index contributed by atoms with van der Waals surface area (Å²) in [4.78, 5) is 5.26. The topological polar surface area (TPSA) is 50.5 Å². The van der Waals surface area contributed by atoms with E-state index >= 15 is 0 Å². The molecular weight excluding hydrogens is 419 g/mol. The molecule has 0 fully saturated rings. The third-order valence-electron chi connectivity index (χ3n) is 3.56. The van der Waals surface area contributed by atoms with Crippen LogP contribution in [0, 0.1) is 3.57 Å². The second-order valence-electron chi connectivity index (χ2n) is 5.09. The number of benzene rings is 1. The van der Waals surface area contributed by atoms with Crippen LogP contribution in [0.4, 0.5) is 8.78 Å². The van der Waals surface area contributed by atoms with Gasteiger partial charge in [-0.1, -0.05) is 12.1 Å². The van der Waals surface area contributed by atoms with Crippen molar-refractivity contribution in [1.82, 2.24) is 14.8 Å². The molecule has 8 heteroatoms. The van der Waals surface area contributed by atoms with Gasteiger partial charge in [0.1, 0.15) is 5.69 Å². The second kappa shape index (κ2) is 7.65. The standard InChI is InChI=1S/C15H18F2IN3O2/c1-9(10-4-6-11(18)7-5-10)21(23-3)15(22)12-8-20(2)19-13(12)14(16)17/h4-9,14-15,22H,1-3H3. The fourth-order valence-corrected chi connectivity index (χ4v) is 2.75. The van der Waals surface area contributed by atoms with Crippen molar-refractivity contribution in [2.75, 3.05) is 7.11 Å². The predicted molar refractivity (Wildman–Crippen MR) is 89.5 cm³/mol. The first-order chi connectivity index (χ1) is 10.8. The molecule has 0 radical (unpaired) electrons. The Morgan fingerprint density at radius 2 is 1.91 bits per heavy atom. The van der Waals surface area contributed by atoms with Gasteiger partial charge in [0, 0.05) is 22.4 Å². The zero-order valence-electron chi connectivity index (χ0n) is 12.9. The molecule has 0 bridgehead atoms. The lowest BCUT2D eigenvalue weighted by Crippen LogP contribution is -2.31. The van der Waals surface area contributed by atoms with Crippen molar-refractivity contribution in [2.24, 2.45) is 7.05 Å². The van der Waals surface area contributed by atoms with Gasteiger partial charge in [-0.05, 0) is 47.2 Å². The van der Waals surface area contributed by atoms with Gasteiger partial charge in [-0.15, -0.1) is 5.06 Å². The molecule has 2 atom stereocenters. The quantitative estimate of drug-likeness (QED) is 0.427. The van der Waals surface area contributed by atoms with Crippen LogP contribution in [0.25, 0.3) is 0 Å². The first-order valence-corrected chi connectivity index (χ1v) is 8.00. The lowest BCUT2D eigenvalue weighted by molar-refractivity contribution is -0.247. The number of aromatic nitrogens is 2. The second-order valence-corrected chi connectivity index (χ2v) is 6.33. The fourth-order valence-electron chi connectivity index (χ4n) is 2.39. The minimum atomic E-state index is -2.77. The third kappa shape index (κ3) is 4.06. The van der Waals surface area contributed by atoms with Crippen LogP contribution < -0.4 is 0 Å². The predicted octanol–water partition coefficient (Wildman–Crippen LogP) is 3.58. The van der Waals surface area contributed by atoms with E-state index in [9.17, 15) is 13.9 Å².